The van der Waals surface area contributed by atoms with Crippen molar-refractivity contribution in [2.45, 2.75) is 18.9 Å². The van der Waals surface area contributed by atoms with Crippen LogP contribution >= 0.6 is 23.2 Å². The van der Waals surface area contributed by atoms with Crippen LogP contribution in [-0.2, 0) is 0 Å². The first kappa shape index (κ1) is 14.4. The molecule has 116 valence electrons. The minimum absolute atomic E-state index is 0.0258. The summed E-state index contributed by atoms with van der Waals surface area (Å²) in [6.45, 7) is 1.44. The van der Waals surface area contributed by atoms with E-state index in [1.165, 1.54) is 6.20 Å². The summed E-state index contributed by atoms with van der Waals surface area (Å²) in [4.78, 5) is 14.1. The number of nitrogens with zero attached hydrogens (tertiary/aromatic N) is 4. The molecule has 1 aliphatic heterocycles. The zero-order valence-electron chi connectivity index (χ0n) is 11.5. The third-order valence-electron chi connectivity index (χ3n) is 4.58. The molecular formula is C14H13Cl2FN4O. The molecule has 1 aliphatic carbocycles. The number of hydrogen-bond acceptors (Lipinski definition) is 5. The zero-order chi connectivity index (χ0) is 15.4. The van der Waals surface area contributed by atoms with Crippen LogP contribution in [0.25, 0.3) is 10.9 Å². The molecule has 3 atom stereocenters. The lowest BCUT2D eigenvalue weighted by Crippen LogP contribution is -2.38. The second kappa shape index (κ2) is 5.15. The standard InChI is InChI=1S/C14H13Cl2FN4O/c15-12-10(17)11-8(3-18-12)13(20-14(16)19-11)21-4-6-1-7(5-21)9(22)2-6/h3,6-7,9,22H,1-2,4-5H2/t6-,7-,9-/m1/s1. The molecule has 2 aromatic rings. The molecular weight excluding hydrogens is 330 g/mol. The molecule has 0 aromatic carbocycles. The molecule has 1 saturated heterocycles. The molecule has 2 aliphatic rings. The monoisotopic (exact) mass is 342 g/mol. The third-order valence-corrected chi connectivity index (χ3v) is 5.01. The lowest BCUT2D eigenvalue weighted by atomic mass is 9.98. The molecule has 2 fully saturated rings. The normalized spacial score (nSPS) is 27.6. The van der Waals surface area contributed by atoms with Gasteiger partial charge >= 0.3 is 0 Å². The summed E-state index contributed by atoms with van der Waals surface area (Å²) in [5.41, 5.74) is 0.0773. The average molecular weight is 343 g/mol. The first-order valence-corrected chi connectivity index (χ1v) is 7.88. The van der Waals surface area contributed by atoms with Crippen LogP contribution in [0, 0.1) is 17.7 Å². The second-order valence-electron chi connectivity index (χ2n) is 6.01. The van der Waals surface area contributed by atoms with E-state index in [-0.39, 0.29) is 28.0 Å². The lowest BCUT2D eigenvalue weighted by molar-refractivity contribution is 0.137. The van der Waals surface area contributed by atoms with Gasteiger partial charge in [0.25, 0.3) is 0 Å². The van der Waals surface area contributed by atoms with Gasteiger partial charge in [-0.05, 0) is 30.4 Å². The molecule has 4 rings (SSSR count). The van der Waals surface area contributed by atoms with E-state index in [2.05, 4.69) is 15.0 Å². The lowest BCUT2D eigenvalue weighted by Gasteiger charge is -2.33. The van der Waals surface area contributed by atoms with Gasteiger partial charge in [0.05, 0.1) is 11.5 Å². The van der Waals surface area contributed by atoms with Crippen molar-refractivity contribution < 1.29 is 9.50 Å². The molecule has 0 spiro atoms. The fourth-order valence-electron chi connectivity index (χ4n) is 3.64. The van der Waals surface area contributed by atoms with E-state index in [0.29, 0.717) is 23.7 Å². The predicted molar refractivity (Wildman–Crippen MR) is 81.7 cm³/mol. The largest absolute Gasteiger partial charge is 0.393 e. The Morgan fingerprint density at radius 3 is 2.82 bits per heavy atom. The third kappa shape index (κ3) is 2.21. The summed E-state index contributed by atoms with van der Waals surface area (Å²) in [5.74, 6) is 0.502. The number of halogens is 3. The van der Waals surface area contributed by atoms with Gasteiger partial charge in [0.1, 0.15) is 11.3 Å². The van der Waals surface area contributed by atoms with Crippen LogP contribution < -0.4 is 4.90 Å². The number of aliphatic hydroxyl groups is 1. The van der Waals surface area contributed by atoms with Crippen molar-refractivity contribution in [2.24, 2.45) is 11.8 Å². The number of pyridine rings is 1. The Labute approximate surface area is 136 Å². The van der Waals surface area contributed by atoms with Crippen LogP contribution in [-0.4, -0.2) is 39.3 Å². The molecule has 0 radical (unpaired) electrons. The maximum absolute atomic E-state index is 14.2. The quantitative estimate of drug-likeness (QED) is 0.637. The van der Waals surface area contributed by atoms with Gasteiger partial charge in [0.15, 0.2) is 11.0 Å². The van der Waals surface area contributed by atoms with E-state index in [9.17, 15) is 9.50 Å². The van der Waals surface area contributed by atoms with E-state index >= 15 is 0 Å². The van der Waals surface area contributed by atoms with Crippen molar-refractivity contribution in [3.05, 3.63) is 22.5 Å². The number of aliphatic hydroxyl groups excluding tert-OH is 1. The predicted octanol–water partition coefficient (Wildman–Crippen LogP) is 2.68. The number of piperidine rings is 1. The molecule has 2 aromatic heterocycles. The Morgan fingerprint density at radius 2 is 2.05 bits per heavy atom. The van der Waals surface area contributed by atoms with Gasteiger partial charge in [-0.25, -0.2) is 14.4 Å². The van der Waals surface area contributed by atoms with E-state index in [4.69, 9.17) is 23.2 Å². The molecule has 0 unspecified atom stereocenters. The molecule has 0 amide bonds. The molecule has 1 N–H and O–H groups in total. The SMILES string of the molecule is O[C@@H]1C[C@H]2C[C@@H]1CN(c1nc(Cl)nc3c(F)c(Cl)ncc13)C2. The minimum atomic E-state index is -0.690. The summed E-state index contributed by atoms with van der Waals surface area (Å²) in [6.07, 6.45) is 3.02. The van der Waals surface area contributed by atoms with Gasteiger partial charge < -0.3 is 10.0 Å². The highest BCUT2D eigenvalue weighted by atomic mass is 35.5. The number of anilines is 1. The fourth-order valence-corrected chi connectivity index (χ4v) is 3.94. The Bertz CT molecular complexity index is 757. The minimum Gasteiger partial charge on any atom is -0.393 e. The van der Waals surface area contributed by atoms with Gasteiger partial charge in [0.2, 0.25) is 5.28 Å². The van der Waals surface area contributed by atoms with Crippen molar-refractivity contribution in [2.75, 3.05) is 18.0 Å². The van der Waals surface area contributed by atoms with E-state index < -0.39 is 5.82 Å². The van der Waals surface area contributed by atoms with Crippen molar-refractivity contribution in [3.63, 3.8) is 0 Å². The van der Waals surface area contributed by atoms with Crippen molar-refractivity contribution in [3.8, 4) is 0 Å². The highest BCUT2D eigenvalue weighted by Gasteiger charge is 2.40. The molecule has 2 bridgehead atoms. The summed E-state index contributed by atoms with van der Waals surface area (Å²) in [6, 6.07) is 0. The summed E-state index contributed by atoms with van der Waals surface area (Å²) < 4.78 is 14.2. The summed E-state index contributed by atoms with van der Waals surface area (Å²) in [7, 11) is 0. The topological polar surface area (TPSA) is 62.1 Å². The van der Waals surface area contributed by atoms with Crippen LogP contribution in [0.1, 0.15) is 12.8 Å². The van der Waals surface area contributed by atoms with Crippen LogP contribution in [0.5, 0.6) is 0 Å². The number of rotatable bonds is 1. The van der Waals surface area contributed by atoms with Gasteiger partial charge in [-0.2, -0.15) is 4.98 Å². The zero-order valence-corrected chi connectivity index (χ0v) is 13.0. The van der Waals surface area contributed by atoms with Crippen molar-refractivity contribution >= 4 is 39.9 Å². The average Bonchev–Trinajstić information content (AvgIpc) is 2.75. The number of aromatic nitrogens is 3. The smallest absolute Gasteiger partial charge is 0.225 e. The second-order valence-corrected chi connectivity index (χ2v) is 6.71. The molecule has 5 nitrogen and oxygen atoms in total. The molecule has 22 heavy (non-hydrogen) atoms. The van der Waals surface area contributed by atoms with E-state index in [0.717, 1.165) is 19.4 Å². The Kier molecular flexibility index (Phi) is 3.36. The highest BCUT2D eigenvalue weighted by Crippen LogP contribution is 2.40. The van der Waals surface area contributed by atoms with Gasteiger partial charge in [-0.3, -0.25) is 0 Å². The molecule has 8 heteroatoms. The maximum Gasteiger partial charge on any atom is 0.225 e. The number of fused-ring (bicyclic) bond motifs is 3. The molecule has 3 heterocycles. The van der Waals surface area contributed by atoms with Crippen LogP contribution in [0.4, 0.5) is 10.2 Å². The van der Waals surface area contributed by atoms with E-state index in [1.807, 2.05) is 4.90 Å². The first-order valence-electron chi connectivity index (χ1n) is 7.13. The van der Waals surface area contributed by atoms with E-state index in [1.54, 1.807) is 0 Å². The van der Waals surface area contributed by atoms with Crippen molar-refractivity contribution in [1.82, 2.24) is 15.0 Å². The Balaban J connectivity index is 1.83. The van der Waals surface area contributed by atoms with Crippen molar-refractivity contribution in [1.29, 1.82) is 0 Å². The van der Waals surface area contributed by atoms with Crippen LogP contribution in [0.2, 0.25) is 10.4 Å². The maximum atomic E-state index is 14.2. The molecule has 1 saturated carbocycles. The fraction of sp³-hybridized carbons (Fsp3) is 0.500. The summed E-state index contributed by atoms with van der Waals surface area (Å²) >= 11 is 11.7. The van der Waals surface area contributed by atoms with Crippen LogP contribution in [0.15, 0.2) is 6.20 Å². The van der Waals surface area contributed by atoms with Gasteiger partial charge in [-0.15, -0.1) is 0 Å². The first-order chi connectivity index (χ1) is 10.5. The van der Waals surface area contributed by atoms with Gasteiger partial charge in [0, 0.05) is 25.2 Å². The number of hydrogen-bond donors (Lipinski definition) is 1. The highest BCUT2D eigenvalue weighted by molar-refractivity contribution is 6.30. The Hall–Kier alpha value is -1.24. The van der Waals surface area contributed by atoms with Gasteiger partial charge in [-0.1, -0.05) is 11.6 Å². The Morgan fingerprint density at radius 1 is 1.23 bits per heavy atom. The summed E-state index contributed by atoms with van der Waals surface area (Å²) in [5, 5.41) is 10.3. The van der Waals surface area contributed by atoms with Crippen LogP contribution in [0.3, 0.4) is 0 Å².